The molecule has 112 valence electrons. The number of hydrogen-bond acceptors (Lipinski definition) is 5. The van der Waals surface area contributed by atoms with Crippen molar-refractivity contribution >= 4 is 23.2 Å². The summed E-state index contributed by atoms with van der Waals surface area (Å²) in [5, 5.41) is 6.93. The minimum Gasteiger partial charge on any atom is -0.495 e. The van der Waals surface area contributed by atoms with Gasteiger partial charge < -0.3 is 14.6 Å². The molecule has 6 nitrogen and oxygen atoms in total. The Morgan fingerprint density at radius 3 is 2.90 bits per heavy atom. The molecule has 0 bridgehead atoms. The molecule has 1 aromatic carbocycles. The number of methoxy groups -OCH3 is 1. The Hall–Kier alpha value is -2.08. The Morgan fingerprint density at radius 2 is 2.29 bits per heavy atom. The molecule has 1 N–H and O–H groups in total. The van der Waals surface area contributed by atoms with Gasteiger partial charge in [0.25, 0.3) is 0 Å². The van der Waals surface area contributed by atoms with Crippen molar-refractivity contribution in [2.75, 3.05) is 12.4 Å². The lowest BCUT2D eigenvalue weighted by Crippen LogP contribution is -2.11. The van der Waals surface area contributed by atoms with Crippen LogP contribution in [0.1, 0.15) is 24.6 Å². The Labute approximate surface area is 127 Å². The molecule has 1 heterocycles. The van der Waals surface area contributed by atoms with E-state index in [0.717, 1.165) is 0 Å². The summed E-state index contributed by atoms with van der Waals surface area (Å²) >= 11 is 6.00. The normalized spacial score (nSPS) is 10.4. The van der Waals surface area contributed by atoms with Gasteiger partial charge in [0, 0.05) is 18.5 Å². The fourth-order valence-electron chi connectivity index (χ4n) is 1.81. The number of amides is 1. The lowest BCUT2D eigenvalue weighted by molar-refractivity contribution is -0.116. The van der Waals surface area contributed by atoms with Crippen LogP contribution < -0.4 is 10.1 Å². The van der Waals surface area contributed by atoms with Crippen molar-refractivity contribution in [2.24, 2.45) is 0 Å². The molecule has 0 saturated carbocycles. The number of nitrogens with one attached hydrogen (secondary N) is 1. The van der Waals surface area contributed by atoms with Crippen LogP contribution >= 0.6 is 11.6 Å². The first-order valence-corrected chi connectivity index (χ1v) is 6.89. The Balaban J connectivity index is 1.80. The summed E-state index contributed by atoms with van der Waals surface area (Å²) in [4.78, 5) is 15.9. The van der Waals surface area contributed by atoms with Gasteiger partial charge >= 0.3 is 0 Å². The highest BCUT2D eigenvalue weighted by molar-refractivity contribution is 6.32. The standard InChI is InChI=1S/C14H16ClN3O3/c1-9-16-14(21-18-9)5-3-4-13(19)17-10-6-7-12(20-2)11(15)8-10/h6-8H,3-5H2,1-2H3,(H,17,19). The van der Waals surface area contributed by atoms with Crippen LogP contribution in [0.4, 0.5) is 5.69 Å². The molecule has 1 amide bonds. The van der Waals surface area contributed by atoms with Gasteiger partial charge in [-0.25, -0.2) is 0 Å². The van der Waals surface area contributed by atoms with E-state index in [0.29, 0.717) is 47.4 Å². The first kappa shape index (κ1) is 15.3. The van der Waals surface area contributed by atoms with Gasteiger partial charge in [-0.15, -0.1) is 0 Å². The van der Waals surface area contributed by atoms with Crippen LogP contribution in [0.25, 0.3) is 0 Å². The molecule has 2 rings (SSSR count). The minimum atomic E-state index is -0.0903. The van der Waals surface area contributed by atoms with Crippen molar-refractivity contribution in [1.29, 1.82) is 0 Å². The van der Waals surface area contributed by atoms with Gasteiger partial charge in [0.2, 0.25) is 11.8 Å². The van der Waals surface area contributed by atoms with Crippen LogP contribution in [0.15, 0.2) is 22.7 Å². The monoisotopic (exact) mass is 309 g/mol. The van der Waals surface area contributed by atoms with Crippen LogP contribution in [0.5, 0.6) is 5.75 Å². The molecular formula is C14H16ClN3O3. The lowest BCUT2D eigenvalue weighted by atomic mass is 10.2. The summed E-state index contributed by atoms with van der Waals surface area (Å²) in [6.07, 6.45) is 1.58. The van der Waals surface area contributed by atoms with Crippen molar-refractivity contribution < 1.29 is 14.1 Å². The zero-order chi connectivity index (χ0) is 15.2. The van der Waals surface area contributed by atoms with Crippen molar-refractivity contribution in [3.63, 3.8) is 0 Å². The maximum Gasteiger partial charge on any atom is 0.226 e. The van der Waals surface area contributed by atoms with Crippen LogP contribution in [-0.4, -0.2) is 23.2 Å². The number of aromatic nitrogens is 2. The Kier molecular flexibility index (Phi) is 5.16. The summed E-state index contributed by atoms with van der Waals surface area (Å²) in [5.41, 5.74) is 0.638. The topological polar surface area (TPSA) is 77.2 Å². The minimum absolute atomic E-state index is 0.0903. The van der Waals surface area contributed by atoms with E-state index in [1.54, 1.807) is 32.2 Å². The predicted molar refractivity (Wildman–Crippen MR) is 78.6 cm³/mol. The molecule has 0 aliphatic heterocycles. The second-order valence-electron chi connectivity index (χ2n) is 4.49. The molecule has 2 aromatic rings. The number of carbonyl (C=O) groups excluding carboxylic acids is 1. The van der Waals surface area contributed by atoms with Gasteiger partial charge in [-0.1, -0.05) is 16.8 Å². The van der Waals surface area contributed by atoms with Gasteiger partial charge in [-0.2, -0.15) is 4.98 Å². The molecule has 1 aromatic heterocycles. The molecule has 0 fully saturated rings. The fourth-order valence-corrected chi connectivity index (χ4v) is 2.07. The van der Waals surface area contributed by atoms with E-state index >= 15 is 0 Å². The highest BCUT2D eigenvalue weighted by atomic mass is 35.5. The molecule has 0 atom stereocenters. The van der Waals surface area contributed by atoms with E-state index in [1.807, 2.05) is 0 Å². The predicted octanol–water partition coefficient (Wildman–Crippen LogP) is 3.00. The second-order valence-corrected chi connectivity index (χ2v) is 4.89. The summed E-state index contributed by atoms with van der Waals surface area (Å²) in [5.74, 6) is 1.63. The maximum absolute atomic E-state index is 11.8. The van der Waals surface area contributed by atoms with E-state index in [1.165, 1.54) is 0 Å². The third-order valence-electron chi connectivity index (χ3n) is 2.80. The Morgan fingerprint density at radius 1 is 1.48 bits per heavy atom. The summed E-state index contributed by atoms with van der Waals surface area (Å²) < 4.78 is 10.0. The van der Waals surface area contributed by atoms with Crippen molar-refractivity contribution in [3.8, 4) is 5.75 Å². The number of carbonyl (C=O) groups is 1. The quantitative estimate of drug-likeness (QED) is 0.887. The SMILES string of the molecule is COc1ccc(NC(=O)CCCc2nc(C)no2)cc1Cl. The van der Waals surface area contributed by atoms with Gasteiger partial charge in [0.05, 0.1) is 12.1 Å². The first-order chi connectivity index (χ1) is 10.1. The molecule has 0 spiro atoms. The Bertz CT molecular complexity index is 628. The molecule has 0 radical (unpaired) electrons. The molecule has 0 saturated heterocycles. The third-order valence-corrected chi connectivity index (χ3v) is 3.10. The number of rotatable bonds is 6. The van der Waals surface area contributed by atoms with Gasteiger partial charge in [0.15, 0.2) is 5.82 Å². The van der Waals surface area contributed by atoms with E-state index in [2.05, 4.69) is 15.5 Å². The summed E-state index contributed by atoms with van der Waals surface area (Å²) in [6.45, 7) is 1.76. The summed E-state index contributed by atoms with van der Waals surface area (Å²) in [7, 11) is 1.54. The second kappa shape index (κ2) is 7.08. The van der Waals surface area contributed by atoms with E-state index in [9.17, 15) is 4.79 Å². The van der Waals surface area contributed by atoms with Crippen LogP contribution in [0, 0.1) is 6.92 Å². The first-order valence-electron chi connectivity index (χ1n) is 6.51. The van der Waals surface area contributed by atoms with Crippen LogP contribution in [-0.2, 0) is 11.2 Å². The highest BCUT2D eigenvalue weighted by Gasteiger charge is 2.08. The van der Waals surface area contributed by atoms with Crippen molar-refractivity contribution in [2.45, 2.75) is 26.2 Å². The number of hydrogen-bond donors (Lipinski definition) is 1. The van der Waals surface area contributed by atoms with Crippen LogP contribution in [0.2, 0.25) is 5.02 Å². The molecular weight excluding hydrogens is 294 g/mol. The average Bonchev–Trinajstić information content (AvgIpc) is 2.84. The molecule has 0 aliphatic carbocycles. The third kappa shape index (κ3) is 4.46. The highest BCUT2D eigenvalue weighted by Crippen LogP contribution is 2.27. The number of aryl methyl sites for hydroxylation is 2. The molecule has 21 heavy (non-hydrogen) atoms. The average molecular weight is 310 g/mol. The summed E-state index contributed by atoms with van der Waals surface area (Å²) in [6, 6.07) is 5.10. The van der Waals surface area contributed by atoms with Crippen LogP contribution in [0.3, 0.4) is 0 Å². The van der Waals surface area contributed by atoms with E-state index < -0.39 is 0 Å². The van der Waals surface area contributed by atoms with Gasteiger partial charge in [-0.3, -0.25) is 4.79 Å². The van der Waals surface area contributed by atoms with E-state index in [-0.39, 0.29) is 5.91 Å². The molecule has 0 unspecified atom stereocenters. The molecule has 0 aliphatic rings. The van der Waals surface area contributed by atoms with Gasteiger partial charge in [0.1, 0.15) is 5.75 Å². The number of benzene rings is 1. The molecule has 7 heteroatoms. The zero-order valence-electron chi connectivity index (χ0n) is 11.9. The zero-order valence-corrected chi connectivity index (χ0v) is 12.6. The van der Waals surface area contributed by atoms with Gasteiger partial charge in [-0.05, 0) is 31.5 Å². The van der Waals surface area contributed by atoms with Crippen molar-refractivity contribution in [1.82, 2.24) is 10.1 Å². The maximum atomic E-state index is 11.8. The number of nitrogens with zero attached hydrogens (tertiary/aromatic N) is 2. The number of halogens is 1. The van der Waals surface area contributed by atoms with Crippen molar-refractivity contribution in [3.05, 3.63) is 34.9 Å². The van der Waals surface area contributed by atoms with E-state index in [4.69, 9.17) is 20.9 Å². The lowest BCUT2D eigenvalue weighted by Gasteiger charge is -2.07. The fraction of sp³-hybridized carbons (Fsp3) is 0.357. The smallest absolute Gasteiger partial charge is 0.226 e. The number of anilines is 1. The largest absolute Gasteiger partial charge is 0.495 e. The number of ether oxygens (including phenoxy) is 1.